The first-order valence-electron chi connectivity index (χ1n) is 4.29. The zero-order valence-corrected chi connectivity index (χ0v) is 9.36. The smallest absolute Gasteiger partial charge is 0.403 e. The summed E-state index contributed by atoms with van der Waals surface area (Å²) in [5, 5.41) is 0. The highest BCUT2D eigenvalue weighted by Gasteiger charge is 2.32. The molecule has 1 atom stereocenters. The quantitative estimate of drug-likeness (QED) is 0.867. The summed E-state index contributed by atoms with van der Waals surface area (Å²) in [7, 11) is 0. The van der Waals surface area contributed by atoms with Crippen LogP contribution >= 0.6 is 12.4 Å². The van der Waals surface area contributed by atoms with Gasteiger partial charge in [-0.25, -0.2) is 13.2 Å². The van der Waals surface area contributed by atoms with Gasteiger partial charge in [-0.15, -0.1) is 25.6 Å². The minimum Gasteiger partial charge on any atom is -0.403 e. The Hall–Kier alpha value is -1.15. The van der Waals surface area contributed by atoms with E-state index in [4.69, 9.17) is 5.73 Å². The van der Waals surface area contributed by atoms with E-state index in [0.29, 0.717) is 12.1 Å². The Balaban J connectivity index is 0.00000289. The first-order chi connectivity index (χ1) is 7.70. The second-order valence-electron chi connectivity index (χ2n) is 3.10. The van der Waals surface area contributed by atoms with Gasteiger partial charge in [0.05, 0.1) is 6.04 Å². The van der Waals surface area contributed by atoms with E-state index in [-0.39, 0.29) is 18.0 Å². The standard InChI is InChI=1S/C9H7F6NO.ClH/c10-5-3-4(7(16)8(11)12)1-2-6(5)17-9(13,14)15;/h1-3,7-8H,16H2;1H/t7-;/m0./s1. The van der Waals surface area contributed by atoms with E-state index in [1.165, 1.54) is 0 Å². The lowest BCUT2D eigenvalue weighted by atomic mass is 10.1. The van der Waals surface area contributed by atoms with Crippen molar-refractivity contribution in [3.63, 3.8) is 0 Å². The number of nitrogens with two attached hydrogens (primary N) is 1. The number of alkyl halides is 5. The molecule has 0 radical (unpaired) electrons. The summed E-state index contributed by atoms with van der Waals surface area (Å²) < 4.78 is 76.0. The fraction of sp³-hybridized carbons (Fsp3) is 0.333. The van der Waals surface area contributed by atoms with Crippen LogP contribution in [-0.4, -0.2) is 12.8 Å². The van der Waals surface area contributed by atoms with E-state index in [0.717, 1.165) is 6.07 Å². The second-order valence-corrected chi connectivity index (χ2v) is 3.10. The minimum atomic E-state index is -5.05. The van der Waals surface area contributed by atoms with Crippen molar-refractivity contribution in [3.05, 3.63) is 29.6 Å². The average Bonchev–Trinajstić information content (AvgIpc) is 2.18. The largest absolute Gasteiger partial charge is 0.573 e. The Morgan fingerprint density at radius 1 is 1.17 bits per heavy atom. The normalized spacial score (nSPS) is 13.1. The van der Waals surface area contributed by atoms with E-state index in [1.807, 2.05) is 0 Å². The van der Waals surface area contributed by atoms with Crippen molar-refractivity contribution in [1.29, 1.82) is 0 Å². The van der Waals surface area contributed by atoms with Gasteiger partial charge in [0.25, 0.3) is 6.43 Å². The summed E-state index contributed by atoms with van der Waals surface area (Å²) in [5.74, 6) is -2.50. The number of rotatable bonds is 3. The van der Waals surface area contributed by atoms with Gasteiger partial charge in [0.15, 0.2) is 11.6 Å². The summed E-state index contributed by atoms with van der Waals surface area (Å²) >= 11 is 0. The molecule has 0 unspecified atom stereocenters. The molecule has 0 aliphatic carbocycles. The lowest BCUT2D eigenvalue weighted by Gasteiger charge is -2.13. The monoisotopic (exact) mass is 295 g/mol. The molecule has 0 aliphatic rings. The van der Waals surface area contributed by atoms with Crippen molar-refractivity contribution in [1.82, 2.24) is 0 Å². The van der Waals surface area contributed by atoms with Crippen LogP contribution in [-0.2, 0) is 0 Å². The van der Waals surface area contributed by atoms with Crippen molar-refractivity contribution < 1.29 is 31.1 Å². The van der Waals surface area contributed by atoms with Crippen LogP contribution in [0.15, 0.2) is 18.2 Å². The number of halogens is 7. The Bertz CT molecular complexity index is 397. The maximum Gasteiger partial charge on any atom is 0.573 e. The fourth-order valence-corrected chi connectivity index (χ4v) is 1.08. The van der Waals surface area contributed by atoms with E-state index in [1.54, 1.807) is 0 Å². The zero-order chi connectivity index (χ0) is 13.2. The third-order valence-corrected chi connectivity index (χ3v) is 1.84. The lowest BCUT2D eigenvalue weighted by molar-refractivity contribution is -0.275. The van der Waals surface area contributed by atoms with Crippen LogP contribution in [0, 0.1) is 5.82 Å². The topological polar surface area (TPSA) is 35.2 Å². The molecule has 104 valence electrons. The Morgan fingerprint density at radius 2 is 1.72 bits per heavy atom. The molecule has 0 aromatic heterocycles. The zero-order valence-electron chi connectivity index (χ0n) is 8.55. The summed E-state index contributed by atoms with van der Waals surface area (Å²) in [6.07, 6.45) is -7.99. The molecule has 18 heavy (non-hydrogen) atoms. The van der Waals surface area contributed by atoms with Gasteiger partial charge in [0, 0.05) is 0 Å². The molecule has 0 amide bonds. The highest BCUT2D eigenvalue weighted by molar-refractivity contribution is 5.85. The molecule has 0 spiro atoms. The third-order valence-electron chi connectivity index (χ3n) is 1.84. The maximum atomic E-state index is 13.1. The molecule has 0 fully saturated rings. The third kappa shape index (κ3) is 4.61. The predicted octanol–water partition coefficient (Wildman–Crippen LogP) is 3.41. The first kappa shape index (κ1) is 16.9. The summed E-state index contributed by atoms with van der Waals surface area (Å²) in [5.41, 5.74) is 4.69. The molecule has 2 nitrogen and oxygen atoms in total. The van der Waals surface area contributed by atoms with Crippen LogP contribution < -0.4 is 10.5 Å². The Labute approximate surface area is 104 Å². The van der Waals surface area contributed by atoms with Crippen molar-refractivity contribution in [2.45, 2.75) is 18.8 Å². The van der Waals surface area contributed by atoms with Gasteiger partial charge in [-0.3, -0.25) is 0 Å². The molecule has 9 heteroatoms. The van der Waals surface area contributed by atoms with Crippen molar-refractivity contribution in [2.24, 2.45) is 5.73 Å². The second kappa shape index (κ2) is 6.14. The molecule has 1 aromatic rings. The molecule has 0 bridgehead atoms. The highest BCUT2D eigenvalue weighted by atomic mass is 35.5. The van der Waals surface area contributed by atoms with Gasteiger partial charge in [-0.2, -0.15) is 0 Å². The number of benzene rings is 1. The molecular weight excluding hydrogens is 288 g/mol. The molecular formula is C9H8ClF6NO. The molecule has 2 N–H and O–H groups in total. The summed E-state index contributed by atoms with van der Waals surface area (Å²) in [6, 6.07) is 0.170. The van der Waals surface area contributed by atoms with Crippen molar-refractivity contribution in [2.75, 3.05) is 0 Å². The van der Waals surface area contributed by atoms with Gasteiger partial charge in [0.1, 0.15) is 0 Å². The molecule has 0 saturated heterocycles. The van der Waals surface area contributed by atoms with E-state index < -0.39 is 30.4 Å². The predicted molar refractivity (Wildman–Crippen MR) is 53.3 cm³/mol. The van der Waals surface area contributed by atoms with Crippen molar-refractivity contribution >= 4 is 12.4 Å². The number of hydrogen-bond acceptors (Lipinski definition) is 2. The highest BCUT2D eigenvalue weighted by Crippen LogP contribution is 2.28. The minimum absolute atomic E-state index is 0. The average molecular weight is 296 g/mol. The van der Waals surface area contributed by atoms with Crippen LogP contribution in [0.4, 0.5) is 26.3 Å². The SMILES string of the molecule is Cl.N[C@@H](c1ccc(OC(F)(F)F)c(F)c1)C(F)F. The molecule has 0 heterocycles. The lowest BCUT2D eigenvalue weighted by Crippen LogP contribution is -2.20. The van der Waals surface area contributed by atoms with Crippen LogP contribution in [0.5, 0.6) is 5.75 Å². The summed E-state index contributed by atoms with van der Waals surface area (Å²) in [6.45, 7) is 0. The molecule has 0 saturated carbocycles. The van der Waals surface area contributed by atoms with Crippen LogP contribution in [0.25, 0.3) is 0 Å². The summed E-state index contributed by atoms with van der Waals surface area (Å²) in [4.78, 5) is 0. The Morgan fingerprint density at radius 3 is 2.11 bits per heavy atom. The van der Waals surface area contributed by atoms with E-state index in [9.17, 15) is 26.3 Å². The van der Waals surface area contributed by atoms with Crippen LogP contribution in [0.2, 0.25) is 0 Å². The fourth-order valence-electron chi connectivity index (χ4n) is 1.08. The maximum absolute atomic E-state index is 13.1. The molecule has 1 rings (SSSR count). The number of hydrogen-bond donors (Lipinski definition) is 1. The molecule has 0 aliphatic heterocycles. The number of ether oxygens (including phenoxy) is 1. The van der Waals surface area contributed by atoms with Gasteiger partial charge >= 0.3 is 6.36 Å². The first-order valence-corrected chi connectivity index (χ1v) is 4.29. The van der Waals surface area contributed by atoms with Gasteiger partial charge in [-0.05, 0) is 17.7 Å². The van der Waals surface area contributed by atoms with Crippen LogP contribution in [0.3, 0.4) is 0 Å². The van der Waals surface area contributed by atoms with Crippen molar-refractivity contribution in [3.8, 4) is 5.75 Å². The van der Waals surface area contributed by atoms with Gasteiger partial charge < -0.3 is 10.5 Å². The van der Waals surface area contributed by atoms with Crippen LogP contribution in [0.1, 0.15) is 11.6 Å². The molecule has 1 aromatic carbocycles. The van der Waals surface area contributed by atoms with Gasteiger partial charge in [-0.1, -0.05) is 6.07 Å². The van der Waals surface area contributed by atoms with Gasteiger partial charge in [0.2, 0.25) is 0 Å². The van der Waals surface area contributed by atoms with E-state index in [2.05, 4.69) is 4.74 Å². The van der Waals surface area contributed by atoms with E-state index >= 15 is 0 Å². The Kier molecular flexibility index (Phi) is 5.75.